The van der Waals surface area contributed by atoms with Crippen molar-refractivity contribution in [2.24, 2.45) is 0 Å². The number of benzene rings is 2. The lowest BCUT2D eigenvalue weighted by Gasteiger charge is -2.07. The number of ether oxygens (including phenoxy) is 1. The summed E-state index contributed by atoms with van der Waals surface area (Å²) in [6, 6.07) is 16.4. The molecule has 3 rings (SSSR count). The molecule has 5 nitrogen and oxygen atoms in total. The van der Waals surface area contributed by atoms with Crippen LogP contribution < -0.4 is 10.5 Å². The predicted octanol–water partition coefficient (Wildman–Crippen LogP) is 3.89. The summed E-state index contributed by atoms with van der Waals surface area (Å²) in [5.74, 6) is 0.598. The average molecular weight is 346 g/mol. The molecule has 0 saturated heterocycles. The van der Waals surface area contributed by atoms with Gasteiger partial charge in [-0.05, 0) is 37.5 Å². The van der Waals surface area contributed by atoms with E-state index in [0.717, 1.165) is 16.7 Å². The molecule has 0 saturated carbocycles. The van der Waals surface area contributed by atoms with E-state index >= 15 is 0 Å². The van der Waals surface area contributed by atoms with Crippen LogP contribution in [0.25, 0.3) is 0 Å². The van der Waals surface area contributed by atoms with Crippen LogP contribution in [0.3, 0.4) is 0 Å². The van der Waals surface area contributed by atoms with E-state index in [-0.39, 0.29) is 11.4 Å². The second-order valence-electron chi connectivity index (χ2n) is 6.54. The Labute approximate surface area is 153 Å². The fourth-order valence-electron chi connectivity index (χ4n) is 2.80. The van der Waals surface area contributed by atoms with E-state index < -0.39 is 0 Å². The lowest BCUT2D eigenvalue weighted by atomic mass is 10.1. The second-order valence-corrected chi connectivity index (χ2v) is 6.54. The smallest absolute Gasteiger partial charge is 0.253 e. The van der Waals surface area contributed by atoms with Crippen LogP contribution in [0.1, 0.15) is 33.4 Å². The SMILES string of the molecule is Cc1ccc(Cn2nc(OCc3ccc(C)cc3C)c(C#N)c2N)cc1. The van der Waals surface area contributed by atoms with Gasteiger partial charge >= 0.3 is 0 Å². The van der Waals surface area contributed by atoms with E-state index in [1.165, 1.54) is 11.1 Å². The van der Waals surface area contributed by atoms with Crippen molar-refractivity contribution >= 4 is 5.82 Å². The molecule has 0 unspecified atom stereocenters. The summed E-state index contributed by atoms with van der Waals surface area (Å²) in [5, 5.41) is 13.8. The first-order valence-electron chi connectivity index (χ1n) is 8.49. The fraction of sp³-hybridized carbons (Fsp3) is 0.238. The number of hydrogen-bond acceptors (Lipinski definition) is 4. The zero-order valence-corrected chi connectivity index (χ0v) is 15.3. The molecular formula is C21H22N4O. The highest BCUT2D eigenvalue weighted by Gasteiger charge is 2.17. The molecule has 0 aliphatic rings. The molecule has 0 atom stereocenters. The topological polar surface area (TPSA) is 76.9 Å². The number of rotatable bonds is 5. The maximum atomic E-state index is 9.44. The zero-order valence-electron chi connectivity index (χ0n) is 15.3. The van der Waals surface area contributed by atoms with Gasteiger partial charge in [-0.2, -0.15) is 5.26 Å². The summed E-state index contributed by atoms with van der Waals surface area (Å²) in [6.45, 7) is 6.98. The number of nitrogens with two attached hydrogens (primary N) is 1. The number of anilines is 1. The van der Waals surface area contributed by atoms with Gasteiger partial charge in [0.1, 0.15) is 18.5 Å². The van der Waals surface area contributed by atoms with Crippen LogP contribution in [-0.4, -0.2) is 9.78 Å². The molecule has 1 aromatic heterocycles. The Hall–Kier alpha value is -3.26. The van der Waals surface area contributed by atoms with Crippen LogP contribution in [0.4, 0.5) is 5.82 Å². The third kappa shape index (κ3) is 3.70. The van der Waals surface area contributed by atoms with Gasteiger partial charge in [0.2, 0.25) is 0 Å². The third-order valence-corrected chi connectivity index (χ3v) is 4.39. The number of nitrogens with zero attached hydrogens (tertiary/aromatic N) is 3. The van der Waals surface area contributed by atoms with E-state index in [1.54, 1.807) is 4.68 Å². The molecule has 132 valence electrons. The minimum Gasteiger partial charge on any atom is -0.471 e. The van der Waals surface area contributed by atoms with Crippen LogP contribution in [0.5, 0.6) is 5.88 Å². The first kappa shape index (κ1) is 17.6. The van der Waals surface area contributed by atoms with Gasteiger partial charge in [0, 0.05) is 0 Å². The highest BCUT2D eigenvalue weighted by molar-refractivity contribution is 5.55. The number of hydrogen-bond donors (Lipinski definition) is 1. The first-order valence-corrected chi connectivity index (χ1v) is 8.49. The monoisotopic (exact) mass is 346 g/mol. The molecule has 0 spiro atoms. The van der Waals surface area contributed by atoms with Gasteiger partial charge in [0.15, 0.2) is 5.56 Å². The Morgan fingerprint density at radius 3 is 2.42 bits per heavy atom. The molecule has 2 aromatic carbocycles. The Kier molecular flexibility index (Phi) is 4.94. The lowest BCUT2D eigenvalue weighted by Crippen LogP contribution is -2.06. The molecule has 0 radical (unpaired) electrons. The predicted molar refractivity (Wildman–Crippen MR) is 102 cm³/mol. The molecule has 0 amide bonds. The van der Waals surface area contributed by atoms with Gasteiger partial charge in [-0.1, -0.05) is 53.6 Å². The zero-order chi connectivity index (χ0) is 18.7. The largest absolute Gasteiger partial charge is 0.471 e. The van der Waals surface area contributed by atoms with Crippen LogP contribution in [0.15, 0.2) is 42.5 Å². The van der Waals surface area contributed by atoms with Crippen molar-refractivity contribution in [3.8, 4) is 11.9 Å². The summed E-state index contributed by atoms with van der Waals surface area (Å²) >= 11 is 0. The van der Waals surface area contributed by atoms with Gasteiger partial charge in [-0.3, -0.25) is 0 Å². The van der Waals surface area contributed by atoms with Crippen LogP contribution in [0, 0.1) is 32.1 Å². The van der Waals surface area contributed by atoms with Gasteiger partial charge in [0.25, 0.3) is 5.88 Å². The number of nitriles is 1. The number of aromatic nitrogens is 2. The lowest BCUT2D eigenvalue weighted by molar-refractivity contribution is 0.288. The summed E-state index contributed by atoms with van der Waals surface area (Å²) < 4.78 is 7.43. The molecule has 0 fully saturated rings. The highest BCUT2D eigenvalue weighted by atomic mass is 16.5. The summed E-state index contributed by atoms with van der Waals surface area (Å²) in [6.07, 6.45) is 0. The fourth-order valence-corrected chi connectivity index (χ4v) is 2.80. The Balaban J connectivity index is 1.81. The van der Waals surface area contributed by atoms with Crippen molar-refractivity contribution in [2.75, 3.05) is 5.73 Å². The Morgan fingerprint density at radius 2 is 1.77 bits per heavy atom. The van der Waals surface area contributed by atoms with Gasteiger partial charge in [0.05, 0.1) is 6.54 Å². The van der Waals surface area contributed by atoms with Gasteiger partial charge in [-0.15, -0.1) is 5.10 Å². The van der Waals surface area contributed by atoms with Crippen molar-refractivity contribution in [1.82, 2.24) is 9.78 Å². The van der Waals surface area contributed by atoms with E-state index in [9.17, 15) is 5.26 Å². The molecular weight excluding hydrogens is 324 g/mol. The van der Waals surface area contributed by atoms with Crippen molar-refractivity contribution < 1.29 is 4.74 Å². The van der Waals surface area contributed by atoms with Crippen molar-refractivity contribution in [1.29, 1.82) is 5.26 Å². The molecule has 5 heteroatoms. The maximum absolute atomic E-state index is 9.44. The van der Waals surface area contributed by atoms with Crippen LogP contribution in [0.2, 0.25) is 0 Å². The Morgan fingerprint density at radius 1 is 1.08 bits per heavy atom. The highest BCUT2D eigenvalue weighted by Crippen LogP contribution is 2.25. The van der Waals surface area contributed by atoms with E-state index in [1.807, 2.05) is 50.2 Å². The van der Waals surface area contributed by atoms with Crippen molar-refractivity contribution in [2.45, 2.75) is 33.9 Å². The quantitative estimate of drug-likeness (QED) is 0.760. The van der Waals surface area contributed by atoms with Crippen LogP contribution in [-0.2, 0) is 13.2 Å². The summed E-state index contributed by atoms with van der Waals surface area (Å²) in [4.78, 5) is 0. The molecule has 0 aliphatic heterocycles. The number of nitrogen functional groups attached to an aromatic ring is 1. The van der Waals surface area contributed by atoms with Crippen LogP contribution >= 0.6 is 0 Å². The number of aryl methyl sites for hydroxylation is 3. The normalized spacial score (nSPS) is 10.5. The van der Waals surface area contributed by atoms with Gasteiger partial charge < -0.3 is 10.5 Å². The average Bonchev–Trinajstić information content (AvgIpc) is 2.91. The minimum absolute atomic E-state index is 0.275. The molecule has 1 heterocycles. The third-order valence-electron chi connectivity index (χ3n) is 4.39. The van der Waals surface area contributed by atoms with Crippen molar-refractivity contribution in [3.63, 3.8) is 0 Å². The Bertz CT molecular complexity index is 965. The summed E-state index contributed by atoms with van der Waals surface area (Å²) in [7, 11) is 0. The van der Waals surface area contributed by atoms with Gasteiger partial charge in [-0.25, -0.2) is 4.68 Å². The second kappa shape index (κ2) is 7.32. The molecule has 2 N–H and O–H groups in total. The maximum Gasteiger partial charge on any atom is 0.253 e. The summed E-state index contributed by atoms with van der Waals surface area (Å²) in [5.41, 5.74) is 12.1. The molecule has 3 aromatic rings. The van der Waals surface area contributed by atoms with Crippen molar-refractivity contribution in [3.05, 3.63) is 75.8 Å². The van der Waals surface area contributed by atoms with E-state index in [0.29, 0.717) is 19.0 Å². The molecule has 0 aliphatic carbocycles. The molecule has 0 bridgehead atoms. The minimum atomic E-state index is 0.275. The first-order chi connectivity index (χ1) is 12.5. The molecule has 26 heavy (non-hydrogen) atoms. The van der Waals surface area contributed by atoms with E-state index in [2.05, 4.69) is 24.2 Å². The standard InChI is InChI=1S/C21H22N4O/c1-14-4-7-17(8-5-14)12-25-20(23)19(11-22)21(24-25)26-13-18-9-6-15(2)10-16(18)3/h4-10H,12-13,23H2,1-3H3. The van der Waals surface area contributed by atoms with E-state index in [4.69, 9.17) is 10.5 Å².